The summed E-state index contributed by atoms with van der Waals surface area (Å²) >= 11 is 12.1. The molecule has 19 heavy (non-hydrogen) atoms. The van der Waals surface area contributed by atoms with E-state index in [2.05, 4.69) is 9.88 Å². The van der Waals surface area contributed by atoms with Gasteiger partial charge in [0.2, 0.25) is 0 Å². The summed E-state index contributed by atoms with van der Waals surface area (Å²) in [7, 11) is 0. The van der Waals surface area contributed by atoms with Gasteiger partial charge >= 0.3 is 0 Å². The van der Waals surface area contributed by atoms with E-state index in [1.54, 1.807) is 12.5 Å². The predicted octanol–water partition coefficient (Wildman–Crippen LogP) is 4.24. The van der Waals surface area contributed by atoms with Gasteiger partial charge in [-0.2, -0.15) is 0 Å². The van der Waals surface area contributed by atoms with Gasteiger partial charge in [-0.25, -0.2) is 4.98 Å². The van der Waals surface area contributed by atoms with Crippen molar-refractivity contribution in [2.45, 2.75) is 31.3 Å². The number of rotatable bonds is 5. The first-order chi connectivity index (χ1) is 9.28. The summed E-state index contributed by atoms with van der Waals surface area (Å²) in [5.74, 6) is 2.16. The molecule has 100 valence electrons. The van der Waals surface area contributed by atoms with Crippen molar-refractivity contribution in [3.05, 3.63) is 47.0 Å². The van der Waals surface area contributed by atoms with E-state index in [9.17, 15) is 0 Å². The highest BCUT2D eigenvalue weighted by atomic mass is 35.5. The van der Waals surface area contributed by atoms with Crippen LogP contribution >= 0.6 is 23.2 Å². The van der Waals surface area contributed by atoms with Crippen LogP contribution < -0.4 is 4.90 Å². The Labute approximate surface area is 122 Å². The van der Waals surface area contributed by atoms with Gasteiger partial charge in [-0.1, -0.05) is 11.6 Å². The van der Waals surface area contributed by atoms with E-state index in [1.165, 1.54) is 12.8 Å². The third kappa shape index (κ3) is 2.88. The fourth-order valence-corrected chi connectivity index (χ4v) is 2.53. The number of hydrogen-bond donors (Lipinski definition) is 0. The lowest BCUT2D eigenvalue weighted by Gasteiger charge is -2.23. The molecular formula is C14H14Cl2N2O. The fourth-order valence-electron chi connectivity index (χ4n) is 2.09. The van der Waals surface area contributed by atoms with E-state index in [-0.39, 0.29) is 0 Å². The quantitative estimate of drug-likeness (QED) is 0.773. The lowest BCUT2D eigenvalue weighted by Crippen LogP contribution is -2.26. The molecule has 0 aliphatic heterocycles. The molecule has 0 atom stereocenters. The SMILES string of the molecule is ClCc1cnc(N(Cc2ccco2)C2CC2)c(Cl)c1. The van der Waals surface area contributed by atoms with Crippen LogP contribution in [0.2, 0.25) is 5.02 Å². The highest BCUT2D eigenvalue weighted by Crippen LogP contribution is 2.35. The average Bonchev–Trinajstić information content (AvgIpc) is 3.14. The van der Waals surface area contributed by atoms with Crippen molar-refractivity contribution >= 4 is 29.0 Å². The number of aromatic nitrogens is 1. The van der Waals surface area contributed by atoms with E-state index >= 15 is 0 Å². The predicted molar refractivity (Wildman–Crippen MR) is 76.7 cm³/mol. The fraction of sp³-hybridized carbons (Fsp3) is 0.357. The Morgan fingerprint density at radius 2 is 2.26 bits per heavy atom. The summed E-state index contributed by atoms with van der Waals surface area (Å²) in [6.07, 6.45) is 5.82. The molecule has 1 saturated carbocycles. The van der Waals surface area contributed by atoms with Gasteiger partial charge in [0, 0.05) is 18.1 Å². The molecule has 2 heterocycles. The Bertz CT molecular complexity index is 553. The summed E-state index contributed by atoms with van der Waals surface area (Å²) < 4.78 is 5.41. The Hall–Kier alpha value is -1.19. The zero-order valence-electron chi connectivity index (χ0n) is 10.4. The Kier molecular flexibility index (Phi) is 3.67. The third-order valence-corrected chi connectivity index (χ3v) is 3.79. The van der Waals surface area contributed by atoms with Crippen LogP contribution in [0.5, 0.6) is 0 Å². The second-order valence-corrected chi connectivity index (χ2v) is 5.40. The van der Waals surface area contributed by atoms with Crippen molar-refractivity contribution < 1.29 is 4.42 Å². The zero-order chi connectivity index (χ0) is 13.2. The molecule has 0 radical (unpaired) electrons. The number of halogens is 2. The second kappa shape index (κ2) is 5.43. The van der Waals surface area contributed by atoms with Crippen molar-refractivity contribution in [2.75, 3.05) is 4.90 Å². The van der Waals surface area contributed by atoms with Crippen LogP contribution in [0, 0.1) is 0 Å². The Balaban J connectivity index is 1.87. The van der Waals surface area contributed by atoms with Gasteiger partial charge < -0.3 is 9.32 Å². The summed E-state index contributed by atoms with van der Waals surface area (Å²) in [5, 5.41) is 0.650. The van der Waals surface area contributed by atoms with Gasteiger partial charge in [0.1, 0.15) is 11.6 Å². The van der Waals surface area contributed by atoms with Crippen molar-refractivity contribution in [3.8, 4) is 0 Å². The minimum atomic E-state index is 0.425. The van der Waals surface area contributed by atoms with E-state index in [0.717, 1.165) is 17.1 Å². The lowest BCUT2D eigenvalue weighted by atomic mass is 10.3. The van der Waals surface area contributed by atoms with Crippen LogP contribution in [-0.4, -0.2) is 11.0 Å². The number of alkyl halides is 1. The number of furan rings is 1. The molecule has 0 N–H and O–H groups in total. The highest BCUT2D eigenvalue weighted by Gasteiger charge is 2.31. The van der Waals surface area contributed by atoms with Gasteiger partial charge in [-0.05, 0) is 36.6 Å². The Morgan fingerprint density at radius 1 is 1.42 bits per heavy atom. The summed E-state index contributed by atoms with van der Waals surface area (Å²) in [4.78, 5) is 6.67. The van der Waals surface area contributed by atoms with Crippen LogP contribution in [0.3, 0.4) is 0 Å². The van der Waals surface area contributed by atoms with E-state index < -0.39 is 0 Å². The zero-order valence-corrected chi connectivity index (χ0v) is 11.9. The highest BCUT2D eigenvalue weighted by molar-refractivity contribution is 6.33. The van der Waals surface area contributed by atoms with Crippen molar-refractivity contribution in [3.63, 3.8) is 0 Å². The molecule has 0 bridgehead atoms. The molecule has 2 aromatic rings. The first-order valence-electron chi connectivity index (χ1n) is 6.27. The molecule has 0 spiro atoms. The maximum Gasteiger partial charge on any atom is 0.148 e. The molecule has 1 aliphatic rings. The maximum atomic E-state index is 6.32. The molecule has 0 saturated heterocycles. The molecule has 2 aromatic heterocycles. The van der Waals surface area contributed by atoms with Gasteiger partial charge in [-0.15, -0.1) is 11.6 Å². The van der Waals surface area contributed by atoms with Gasteiger partial charge in [-0.3, -0.25) is 0 Å². The van der Waals surface area contributed by atoms with Crippen molar-refractivity contribution in [1.29, 1.82) is 0 Å². The molecule has 0 aromatic carbocycles. The van der Waals surface area contributed by atoms with Crippen LogP contribution in [0.25, 0.3) is 0 Å². The number of pyridine rings is 1. The third-order valence-electron chi connectivity index (χ3n) is 3.20. The molecule has 1 fully saturated rings. The Morgan fingerprint density at radius 3 is 2.84 bits per heavy atom. The number of nitrogens with zero attached hydrogens (tertiary/aromatic N) is 2. The smallest absolute Gasteiger partial charge is 0.148 e. The van der Waals surface area contributed by atoms with E-state index in [0.29, 0.717) is 23.5 Å². The van der Waals surface area contributed by atoms with Crippen LogP contribution in [0.4, 0.5) is 5.82 Å². The number of anilines is 1. The molecule has 5 heteroatoms. The molecule has 3 nitrogen and oxygen atoms in total. The van der Waals surface area contributed by atoms with Crippen molar-refractivity contribution in [1.82, 2.24) is 4.98 Å². The largest absolute Gasteiger partial charge is 0.467 e. The van der Waals surface area contributed by atoms with E-state index in [4.69, 9.17) is 27.6 Å². The van der Waals surface area contributed by atoms with Gasteiger partial charge in [0.05, 0.1) is 17.8 Å². The summed E-state index contributed by atoms with van der Waals surface area (Å²) in [6.45, 7) is 0.699. The maximum absolute atomic E-state index is 6.32. The first-order valence-corrected chi connectivity index (χ1v) is 7.18. The van der Waals surface area contributed by atoms with Gasteiger partial charge in [0.25, 0.3) is 0 Å². The minimum absolute atomic E-state index is 0.425. The minimum Gasteiger partial charge on any atom is -0.467 e. The van der Waals surface area contributed by atoms with E-state index in [1.807, 2.05) is 18.2 Å². The number of hydrogen-bond acceptors (Lipinski definition) is 3. The average molecular weight is 297 g/mol. The standard InChI is InChI=1S/C14H14Cl2N2O/c15-7-10-6-13(16)14(17-8-10)18(11-3-4-11)9-12-2-1-5-19-12/h1-2,5-6,8,11H,3-4,7,9H2. The summed E-state index contributed by atoms with van der Waals surface area (Å²) in [5.41, 5.74) is 0.934. The first kappa shape index (κ1) is 12.8. The monoisotopic (exact) mass is 296 g/mol. The molecule has 3 rings (SSSR count). The van der Waals surface area contributed by atoms with Crippen LogP contribution in [-0.2, 0) is 12.4 Å². The molecular weight excluding hydrogens is 283 g/mol. The van der Waals surface area contributed by atoms with Crippen molar-refractivity contribution in [2.24, 2.45) is 0 Å². The molecule has 0 unspecified atom stereocenters. The lowest BCUT2D eigenvalue weighted by molar-refractivity contribution is 0.500. The molecule has 1 aliphatic carbocycles. The summed E-state index contributed by atoms with van der Waals surface area (Å²) in [6, 6.07) is 6.26. The van der Waals surface area contributed by atoms with Crippen LogP contribution in [0.1, 0.15) is 24.2 Å². The topological polar surface area (TPSA) is 29.3 Å². The normalized spacial score (nSPS) is 14.6. The second-order valence-electron chi connectivity index (χ2n) is 4.72. The van der Waals surface area contributed by atoms with Crippen LogP contribution in [0.15, 0.2) is 35.1 Å². The van der Waals surface area contributed by atoms with Gasteiger partial charge in [0.15, 0.2) is 0 Å². The molecule has 0 amide bonds.